The van der Waals surface area contributed by atoms with Gasteiger partial charge in [0.25, 0.3) is 0 Å². The van der Waals surface area contributed by atoms with Gasteiger partial charge in [-0.1, -0.05) is 6.07 Å². The number of carbonyl (C=O) groups is 1. The number of benzene rings is 1. The van der Waals surface area contributed by atoms with E-state index in [0.29, 0.717) is 13.0 Å². The third-order valence-electron chi connectivity index (χ3n) is 4.16. The first kappa shape index (κ1) is 16.9. The second-order valence-electron chi connectivity index (χ2n) is 5.51. The van der Waals surface area contributed by atoms with Crippen LogP contribution in [-0.2, 0) is 21.2 Å². The molecule has 0 aliphatic carbocycles. The fraction of sp³-hybridized carbons (Fsp3) is 0.533. The predicted molar refractivity (Wildman–Crippen MR) is 82.3 cm³/mol. The molecule has 7 heteroatoms. The van der Waals surface area contributed by atoms with Crippen LogP contribution in [0, 0.1) is 5.82 Å². The SMILES string of the molecule is CCS(=O)(=O)N(C)CC(=O)N1CCc2cc(F)ccc2[C@@H]1C. The maximum atomic E-state index is 13.3. The van der Waals surface area contributed by atoms with Gasteiger partial charge < -0.3 is 4.90 Å². The lowest BCUT2D eigenvalue weighted by Gasteiger charge is -2.36. The van der Waals surface area contributed by atoms with Crippen LogP contribution >= 0.6 is 0 Å². The van der Waals surface area contributed by atoms with Crippen molar-refractivity contribution < 1.29 is 17.6 Å². The van der Waals surface area contributed by atoms with Crippen molar-refractivity contribution in [2.75, 3.05) is 25.9 Å². The van der Waals surface area contributed by atoms with Gasteiger partial charge in [-0.25, -0.2) is 12.8 Å². The Morgan fingerprint density at radius 3 is 2.77 bits per heavy atom. The molecule has 1 atom stereocenters. The molecule has 0 fully saturated rings. The first-order valence-corrected chi connectivity index (χ1v) is 8.89. The van der Waals surface area contributed by atoms with E-state index < -0.39 is 10.0 Å². The molecule has 1 aliphatic heterocycles. The highest BCUT2D eigenvalue weighted by atomic mass is 32.2. The number of sulfonamides is 1. The quantitative estimate of drug-likeness (QED) is 0.843. The van der Waals surface area contributed by atoms with Crippen LogP contribution in [0.25, 0.3) is 0 Å². The molecular formula is C15H21FN2O3S. The highest BCUT2D eigenvalue weighted by molar-refractivity contribution is 7.89. The molecular weight excluding hydrogens is 307 g/mol. The summed E-state index contributed by atoms with van der Waals surface area (Å²) in [5.41, 5.74) is 1.83. The van der Waals surface area contributed by atoms with E-state index in [1.807, 2.05) is 6.92 Å². The van der Waals surface area contributed by atoms with Crippen LogP contribution < -0.4 is 0 Å². The van der Waals surface area contributed by atoms with Crippen molar-refractivity contribution in [2.24, 2.45) is 0 Å². The largest absolute Gasteiger partial charge is 0.334 e. The molecule has 1 amide bonds. The summed E-state index contributed by atoms with van der Waals surface area (Å²) in [6, 6.07) is 4.40. The summed E-state index contributed by atoms with van der Waals surface area (Å²) in [5, 5.41) is 0. The number of likely N-dealkylation sites (N-methyl/N-ethyl adjacent to an activating group) is 1. The fourth-order valence-corrected chi connectivity index (χ4v) is 3.49. The fourth-order valence-electron chi connectivity index (χ4n) is 2.74. The second-order valence-corrected chi connectivity index (χ2v) is 7.88. The van der Waals surface area contributed by atoms with E-state index >= 15 is 0 Å². The van der Waals surface area contributed by atoms with Crippen LogP contribution in [0.15, 0.2) is 18.2 Å². The Morgan fingerprint density at radius 2 is 2.14 bits per heavy atom. The van der Waals surface area contributed by atoms with Gasteiger partial charge in [0.1, 0.15) is 5.82 Å². The van der Waals surface area contributed by atoms with E-state index in [1.165, 1.54) is 19.2 Å². The van der Waals surface area contributed by atoms with Crippen LogP contribution in [0.5, 0.6) is 0 Å². The Balaban J connectivity index is 2.14. The Labute approximate surface area is 130 Å². The van der Waals surface area contributed by atoms with Crippen molar-refractivity contribution in [2.45, 2.75) is 26.3 Å². The van der Waals surface area contributed by atoms with E-state index in [9.17, 15) is 17.6 Å². The molecule has 0 bridgehead atoms. The van der Waals surface area contributed by atoms with Gasteiger partial charge in [-0.15, -0.1) is 0 Å². The maximum absolute atomic E-state index is 13.3. The van der Waals surface area contributed by atoms with Gasteiger partial charge in [0, 0.05) is 13.6 Å². The summed E-state index contributed by atoms with van der Waals surface area (Å²) < 4.78 is 37.8. The Morgan fingerprint density at radius 1 is 1.45 bits per heavy atom. The molecule has 0 radical (unpaired) electrons. The van der Waals surface area contributed by atoms with Gasteiger partial charge in [0.15, 0.2) is 0 Å². The third-order valence-corrected chi connectivity index (χ3v) is 5.97. The number of rotatable bonds is 4. The maximum Gasteiger partial charge on any atom is 0.238 e. The van der Waals surface area contributed by atoms with Crippen molar-refractivity contribution in [1.29, 1.82) is 0 Å². The summed E-state index contributed by atoms with van der Waals surface area (Å²) in [4.78, 5) is 14.1. The number of hydrogen-bond acceptors (Lipinski definition) is 3. The second kappa shape index (κ2) is 6.34. The lowest BCUT2D eigenvalue weighted by Crippen LogP contribution is -2.45. The Hall–Kier alpha value is -1.47. The van der Waals surface area contributed by atoms with Gasteiger partial charge in [0.05, 0.1) is 18.3 Å². The molecule has 5 nitrogen and oxygen atoms in total. The number of fused-ring (bicyclic) bond motifs is 1. The average Bonchev–Trinajstić information content (AvgIpc) is 2.47. The Bertz CT molecular complexity index is 675. The lowest BCUT2D eigenvalue weighted by atomic mass is 9.93. The van der Waals surface area contributed by atoms with Gasteiger partial charge in [-0.05, 0) is 43.5 Å². The topological polar surface area (TPSA) is 57.7 Å². The van der Waals surface area contributed by atoms with Crippen LogP contribution in [0.2, 0.25) is 0 Å². The number of nitrogens with zero attached hydrogens (tertiary/aromatic N) is 2. The Kier molecular flexibility index (Phi) is 4.87. The predicted octanol–water partition coefficient (Wildman–Crippen LogP) is 1.55. The van der Waals surface area contributed by atoms with Crippen molar-refractivity contribution in [3.05, 3.63) is 35.1 Å². The molecule has 2 rings (SSSR count). The lowest BCUT2D eigenvalue weighted by molar-refractivity contribution is -0.133. The van der Waals surface area contributed by atoms with Crippen molar-refractivity contribution >= 4 is 15.9 Å². The van der Waals surface area contributed by atoms with Crippen LogP contribution in [0.3, 0.4) is 0 Å². The molecule has 0 unspecified atom stereocenters. The van der Waals surface area contributed by atoms with E-state index in [4.69, 9.17) is 0 Å². The normalized spacial score (nSPS) is 18.4. The third kappa shape index (κ3) is 3.30. The summed E-state index contributed by atoms with van der Waals surface area (Å²) in [6.07, 6.45) is 0.577. The van der Waals surface area contributed by atoms with Gasteiger partial charge >= 0.3 is 0 Å². The summed E-state index contributed by atoms with van der Waals surface area (Å²) in [5.74, 6) is -0.546. The molecule has 0 aromatic heterocycles. The van der Waals surface area contributed by atoms with Crippen molar-refractivity contribution in [3.63, 3.8) is 0 Å². The number of carbonyl (C=O) groups excluding carboxylic acids is 1. The van der Waals surface area contributed by atoms with E-state index in [0.717, 1.165) is 15.4 Å². The minimum Gasteiger partial charge on any atom is -0.334 e. The minimum atomic E-state index is -3.38. The first-order chi connectivity index (χ1) is 10.3. The van der Waals surface area contributed by atoms with Crippen molar-refractivity contribution in [1.82, 2.24) is 9.21 Å². The number of halogens is 1. The zero-order valence-electron chi connectivity index (χ0n) is 13.0. The van der Waals surface area contributed by atoms with E-state index in [1.54, 1.807) is 17.9 Å². The van der Waals surface area contributed by atoms with Crippen molar-refractivity contribution in [3.8, 4) is 0 Å². The molecule has 0 N–H and O–H groups in total. The monoisotopic (exact) mass is 328 g/mol. The molecule has 0 saturated carbocycles. The highest BCUT2D eigenvalue weighted by Crippen LogP contribution is 2.29. The van der Waals surface area contributed by atoms with Crippen LogP contribution in [0.4, 0.5) is 4.39 Å². The molecule has 22 heavy (non-hydrogen) atoms. The van der Waals surface area contributed by atoms with E-state index in [2.05, 4.69) is 0 Å². The van der Waals surface area contributed by atoms with Gasteiger partial charge in [-0.3, -0.25) is 4.79 Å². The molecule has 122 valence electrons. The van der Waals surface area contributed by atoms with E-state index in [-0.39, 0.29) is 30.1 Å². The average molecular weight is 328 g/mol. The highest BCUT2D eigenvalue weighted by Gasteiger charge is 2.29. The smallest absolute Gasteiger partial charge is 0.238 e. The van der Waals surface area contributed by atoms with Gasteiger partial charge in [-0.2, -0.15) is 4.31 Å². The molecule has 0 saturated heterocycles. The number of amides is 1. The van der Waals surface area contributed by atoms with Gasteiger partial charge in [0.2, 0.25) is 15.9 Å². The molecule has 1 heterocycles. The molecule has 0 spiro atoms. The summed E-state index contributed by atoms with van der Waals surface area (Å²) in [7, 11) is -1.97. The summed E-state index contributed by atoms with van der Waals surface area (Å²) >= 11 is 0. The number of hydrogen-bond donors (Lipinski definition) is 0. The summed E-state index contributed by atoms with van der Waals surface area (Å²) in [6.45, 7) is 3.72. The first-order valence-electron chi connectivity index (χ1n) is 7.28. The zero-order chi connectivity index (χ0) is 16.5. The van der Waals surface area contributed by atoms with Crippen LogP contribution in [-0.4, -0.2) is 49.4 Å². The minimum absolute atomic E-state index is 0.0333. The standard InChI is InChI=1S/C15H21FN2O3S/c1-4-22(20,21)17(3)10-15(19)18-8-7-12-9-13(16)5-6-14(12)11(18)2/h5-6,9,11H,4,7-8,10H2,1-3H3/t11-/m0/s1. The zero-order valence-corrected chi connectivity index (χ0v) is 13.9. The molecule has 1 aliphatic rings. The molecule has 1 aromatic rings. The van der Waals surface area contributed by atoms with Crippen LogP contribution in [0.1, 0.15) is 31.0 Å². The molecule has 1 aromatic carbocycles.